The molecule has 0 N–H and O–H groups in total. The Morgan fingerprint density at radius 2 is 1.90 bits per heavy atom. The standard InChI is InChI=1S/C23H26N2O3S/c1-4-12-25(23(26)18-7-5-6-17(2)13-18)14-19-16-29-22(24-19)15-28-21-10-8-20(27-3)9-11-21/h5-11,13,16H,4,12,14-15H2,1-3H3. The molecule has 152 valence electrons. The molecule has 1 heterocycles. The third kappa shape index (κ3) is 5.81. The molecule has 0 unspecified atom stereocenters. The first kappa shape index (κ1) is 20.9. The first-order chi connectivity index (χ1) is 14.1. The van der Waals surface area contributed by atoms with Gasteiger partial charge in [0, 0.05) is 17.5 Å². The predicted octanol–water partition coefficient (Wildman–Crippen LogP) is 5.09. The van der Waals surface area contributed by atoms with E-state index < -0.39 is 0 Å². The normalized spacial score (nSPS) is 10.6. The molecule has 0 saturated heterocycles. The van der Waals surface area contributed by atoms with Crippen molar-refractivity contribution in [3.8, 4) is 11.5 Å². The maximum Gasteiger partial charge on any atom is 0.254 e. The molecule has 0 atom stereocenters. The van der Waals surface area contributed by atoms with Crippen molar-refractivity contribution < 1.29 is 14.3 Å². The summed E-state index contributed by atoms with van der Waals surface area (Å²) in [6.45, 7) is 5.67. The zero-order valence-electron chi connectivity index (χ0n) is 17.1. The second kappa shape index (κ2) is 10.1. The van der Waals surface area contributed by atoms with Gasteiger partial charge in [-0.05, 0) is 49.7 Å². The lowest BCUT2D eigenvalue weighted by Gasteiger charge is -2.21. The van der Waals surface area contributed by atoms with Gasteiger partial charge in [-0.1, -0.05) is 24.6 Å². The van der Waals surface area contributed by atoms with Crippen molar-refractivity contribution in [2.24, 2.45) is 0 Å². The van der Waals surface area contributed by atoms with Crippen LogP contribution in [0.5, 0.6) is 11.5 Å². The average molecular weight is 411 g/mol. The number of aryl methyl sites for hydroxylation is 1. The first-order valence-corrected chi connectivity index (χ1v) is 10.5. The molecule has 0 saturated carbocycles. The minimum absolute atomic E-state index is 0.0413. The highest BCUT2D eigenvalue weighted by Crippen LogP contribution is 2.20. The van der Waals surface area contributed by atoms with Gasteiger partial charge in [-0.2, -0.15) is 0 Å². The van der Waals surface area contributed by atoms with E-state index in [4.69, 9.17) is 9.47 Å². The summed E-state index contributed by atoms with van der Waals surface area (Å²) in [4.78, 5) is 19.4. The van der Waals surface area contributed by atoms with Crippen molar-refractivity contribution in [2.45, 2.75) is 33.4 Å². The number of rotatable bonds is 9. The maximum absolute atomic E-state index is 12.9. The Morgan fingerprint density at radius 3 is 2.59 bits per heavy atom. The van der Waals surface area contributed by atoms with Gasteiger partial charge in [0.1, 0.15) is 23.1 Å². The SMILES string of the molecule is CCCN(Cc1csc(COc2ccc(OC)cc2)n1)C(=O)c1cccc(C)c1. The number of carbonyl (C=O) groups excluding carboxylic acids is 1. The van der Waals surface area contributed by atoms with Crippen molar-refractivity contribution in [1.82, 2.24) is 9.88 Å². The van der Waals surface area contributed by atoms with Crippen LogP contribution in [0.15, 0.2) is 53.9 Å². The molecule has 0 fully saturated rings. The second-order valence-corrected chi connectivity index (χ2v) is 7.74. The average Bonchev–Trinajstić information content (AvgIpc) is 3.19. The van der Waals surface area contributed by atoms with Crippen LogP contribution < -0.4 is 9.47 Å². The molecular formula is C23H26N2O3S. The molecule has 29 heavy (non-hydrogen) atoms. The molecule has 0 bridgehead atoms. The van der Waals surface area contributed by atoms with Crippen LogP contribution in [-0.4, -0.2) is 29.4 Å². The molecule has 3 aromatic rings. The van der Waals surface area contributed by atoms with Gasteiger partial charge in [0.25, 0.3) is 5.91 Å². The summed E-state index contributed by atoms with van der Waals surface area (Å²) in [5.41, 5.74) is 2.69. The van der Waals surface area contributed by atoms with Crippen molar-refractivity contribution >= 4 is 17.2 Å². The summed E-state index contributed by atoms with van der Waals surface area (Å²) in [7, 11) is 1.64. The summed E-state index contributed by atoms with van der Waals surface area (Å²) in [5, 5.41) is 2.88. The van der Waals surface area contributed by atoms with E-state index in [1.807, 2.05) is 65.7 Å². The lowest BCUT2D eigenvalue weighted by Crippen LogP contribution is -2.31. The highest BCUT2D eigenvalue weighted by molar-refractivity contribution is 7.09. The number of aromatic nitrogens is 1. The fraction of sp³-hybridized carbons (Fsp3) is 0.304. The van der Waals surface area contributed by atoms with E-state index in [9.17, 15) is 4.79 Å². The highest BCUT2D eigenvalue weighted by Gasteiger charge is 2.17. The van der Waals surface area contributed by atoms with Crippen molar-refractivity contribution in [3.63, 3.8) is 0 Å². The smallest absolute Gasteiger partial charge is 0.254 e. The number of amides is 1. The minimum atomic E-state index is 0.0413. The third-order valence-electron chi connectivity index (χ3n) is 4.42. The van der Waals surface area contributed by atoms with E-state index in [1.165, 1.54) is 0 Å². The predicted molar refractivity (Wildman–Crippen MR) is 116 cm³/mol. The van der Waals surface area contributed by atoms with E-state index in [1.54, 1.807) is 18.4 Å². The topological polar surface area (TPSA) is 51.7 Å². The molecule has 0 aliphatic heterocycles. The Kier molecular flexibility index (Phi) is 7.25. The number of nitrogens with zero attached hydrogens (tertiary/aromatic N) is 2. The Hall–Kier alpha value is -2.86. The molecule has 0 radical (unpaired) electrons. The number of carbonyl (C=O) groups is 1. The largest absolute Gasteiger partial charge is 0.497 e. The number of hydrogen-bond donors (Lipinski definition) is 0. The third-order valence-corrected chi connectivity index (χ3v) is 5.29. The number of thiazole rings is 1. The first-order valence-electron chi connectivity index (χ1n) is 9.65. The maximum atomic E-state index is 12.9. The Labute approximate surface area is 175 Å². The Balaban J connectivity index is 1.62. The van der Waals surface area contributed by atoms with E-state index >= 15 is 0 Å². The van der Waals surface area contributed by atoms with E-state index in [0.717, 1.165) is 39.7 Å². The van der Waals surface area contributed by atoms with Crippen molar-refractivity contribution in [1.29, 1.82) is 0 Å². The number of benzene rings is 2. The summed E-state index contributed by atoms with van der Waals surface area (Å²) in [6, 6.07) is 15.2. The van der Waals surface area contributed by atoms with Crippen molar-refractivity contribution in [3.05, 3.63) is 75.7 Å². The molecule has 5 nitrogen and oxygen atoms in total. The number of ether oxygens (including phenoxy) is 2. The van der Waals surface area contributed by atoms with Crippen LogP contribution in [0.1, 0.15) is 40.0 Å². The van der Waals surface area contributed by atoms with Crippen LogP contribution in [-0.2, 0) is 13.2 Å². The monoisotopic (exact) mass is 410 g/mol. The van der Waals surface area contributed by atoms with Crippen LogP contribution in [0, 0.1) is 6.92 Å². The molecule has 6 heteroatoms. The molecule has 1 aromatic heterocycles. The molecule has 3 rings (SSSR count). The van der Waals surface area contributed by atoms with Gasteiger partial charge in [-0.25, -0.2) is 4.98 Å². The zero-order valence-corrected chi connectivity index (χ0v) is 17.9. The van der Waals surface area contributed by atoms with Gasteiger partial charge in [0.15, 0.2) is 0 Å². The summed E-state index contributed by atoms with van der Waals surface area (Å²) in [5.74, 6) is 1.60. The lowest BCUT2D eigenvalue weighted by atomic mass is 10.1. The number of hydrogen-bond acceptors (Lipinski definition) is 5. The van der Waals surface area contributed by atoms with Gasteiger partial charge in [0.2, 0.25) is 0 Å². The fourth-order valence-corrected chi connectivity index (χ4v) is 3.68. The van der Waals surface area contributed by atoms with Crippen molar-refractivity contribution in [2.75, 3.05) is 13.7 Å². The van der Waals surface area contributed by atoms with Crippen LogP contribution in [0.4, 0.5) is 0 Å². The van der Waals surface area contributed by atoms with Gasteiger partial charge in [-0.3, -0.25) is 4.79 Å². The van der Waals surface area contributed by atoms with E-state index in [2.05, 4.69) is 11.9 Å². The molecule has 2 aromatic carbocycles. The van der Waals surface area contributed by atoms with Crippen LogP contribution in [0.3, 0.4) is 0 Å². The van der Waals surface area contributed by atoms with Crippen LogP contribution in [0.2, 0.25) is 0 Å². The molecule has 0 spiro atoms. The molecule has 0 aliphatic carbocycles. The van der Waals surface area contributed by atoms with Gasteiger partial charge in [-0.15, -0.1) is 11.3 Å². The van der Waals surface area contributed by atoms with Crippen LogP contribution >= 0.6 is 11.3 Å². The van der Waals surface area contributed by atoms with E-state index in [-0.39, 0.29) is 5.91 Å². The second-order valence-electron chi connectivity index (χ2n) is 6.79. The highest BCUT2D eigenvalue weighted by atomic mass is 32.1. The fourth-order valence-electron chi connectivity index (χ4n) is 2.98. The quantitative estimate of drug-likeness (QED) is 0.493. The lowest BCUT2D eigenvalue weighted by molar-refractivity contribution is 0.0741. The zero-order chi connectivity index (χ0) is 20.6. The Morgan fingerprint density at radius 1 is 1.14 bits per heavy atom. The van der Waals surface area contributed by atoms with Crippen LogP contribution in [0.25, 0.3) is 0 Å². The molecule has 0 aliphatic rings. The Bertz CT molecular complexity index is 937. The van der Waals surface area contributed by atoms with E-state index in [0.29, 0.717) is 19.7 Å². The summed E-state index contributed by atoms with van der Waals surface area (Å²) in [6.07, 6.45) is 0.898. The summed E-state index contributed by atoms with van der Waals surface area (Å²) < 4.78 is 11.0. The number of methoxy groups -OCH3 is 1. The summed E-state index contributed by atoms with van der Waals surface area (Å²) >= 11 is 1.55. The molecular weight excluding hydrogens is 384 g/mol. The van der Waals surface area contributed by atoms with Gasteiger partial charge in [0.05, 0.1) is 19.3 Å². The molecule has 1 amide bonds. The minimum Gasteiger partial charge on any atom is -0.497 e. The van der Waals surface area contributed by atoms with Gasteiger partial charge >= 0.3 is 0 Å². The van der Waals surface area contributed by atoms with Gasteiger partial charge < -0.3 is 14.4 Å².